The van der Waals surface area contributed by atoms with E-state index in [-0.39, 0.29) is 22.4 Å². The van der Waals surface area contributed by atoms with Gasteiger partial charge >= 0.3 is 0 Å². The molecule has 0 aliphatic carbocycles. The van der Waals surface area contributed by atoms with Gasteiger partial charge in [-0.15, -0.1) is 0 Å². The minimum absolute atomic E-state index is 0.0810. The fraction of sp³-hybridized carbons (Fsp3) is 0.500. The molecule has 1 aromatic carbocycles. The van der Waals surface area contributed by atoms with E-state index >= 15 is 0 Å². The van der Waals surface area contributed by atoms with Crippen LogP contribution in [0.15, 0.2) is 23.1 Å². The van der Waals surface area contributed by atoms with Crippen molar-refractivity contribution < 1.29 is 17.9 Å². The predicted octanol–water partition coefficient (Wildman–Crippen LogP) is -0.161. The number of amides is 1. The predicted molar refractivity (Wildman–Crippen MR) is 80.5 cm³/mol. The summed E-state index contributed by atoms with van der Waals surface area (Å²) in [6.07, 6.45) is 1.74. The molecule has 3 rings (SSSR count). The first-order chi connectivity index (χ1) is 10.6. The molecule has 8 heteroatoms. The highest BCUT2D eigenvalue weighted by molar-refractivity contribution is 7.89. The summed E-state index contributed by atoms with van der Waals surface area (Å²) in [6.45, 7) is 2.31. The van der Waals surface area contributed by atoms with Gasteiger partial charge in [0.1, 0.15) is 12.4 Å². The minimum atomic E-state index is -3.65. The summed E-state index contributed by atoms with van der Waals surface area (Å²) in [7, 11) is -3.65. The standard InChI is InChI=1S/C14H19N3O4S/c18-14-12-8-11(3-4-13(12)21-7-6-16-14)22(19,20)17-10-2-1-5-15-9-10/h3-4,8,10,15,17H,1-2,5-7,9H2,(H,16,18)/t10-/m1/s1. The van der Waals surface area contributed by atoms with Crippen molar-refractivity contribution in [3.05, 3.63) is 23.8 Å². The van der Waals surface area contributed by atoms with Crippen molar-refractivity contribution in [3.63, 3.8) is 0 Å². The van der Waals surface area contributed by atoms with Gasteiger partial charge < -0.3 is 15.4 Å². The van der Waals surface area contributed by atoms with Crippen LogP contribution >= 0.6 is 0 Å². The molecule has 22 heavy (non-hydrogen) atoms. The molecule has 120 valence electrons. The third-order valence-electron chi connectivity index (χ3n) is 3.77. The number of ether oxygens (including phenoxy) is 1. The fourth-order valence-electron chi connectivity index (χ4n) is 2.64. The Balaban J connectivity index is 1.86. The largest absolute Gasteiger partial charge is 0.491 e. The van der Waals surface area contributed by atoms with Crippen LogP contribution in [0.3, 0.4) is 0 Å². The number of piperidine rings is 1. The average Bonchev–Trinajstić information content (AvgIpc) is 2.69. The van der Waals surface area contributed by atoms with Gasteiger partial charge in [0.2, 0.25) is 10.0 Å². The van der Waals surface area contributed by atoms with Crippen molar-refractivity contribution in [3.8, 4) is 5.75 Å². The Hall–Kier alpha value is -1.64. The van der Waals surface area contributed by atoms with Crippen LogP contribution in [-0.2, 0) is 10.0 Å². The zero-order valence-corrected chi connectivity index (χ0v) is 12.9. The zero-order chi connectivity index (χ0) is 15.6. The van der Waals surface area contributed by atoms with Crippen LogP contribution in [0.4, 0.5) is 0 Å². The lowest BCUT2D eigenvalue weighted by molar-refractivity contribution is 0.0957. The van der Waals surface area contributed by atoms with E-state index in [0.717, 1.165) is 19.4 Å². The Morgan fingerprint density at radius 1 is 1.27 bits per heavy atom. The van der Waals surface area contributed by atoms with E-state index < -0.39 is 10.0 Å². The van der Waals surface area contributed by atoms with Crippen LogP contribution in [0.1, 0.15) is 23.2 Å². The number of benzene rings is 1. The first kappa shape index (κ1) is 15.3. The van der Waals surface area contributed by atoms with Gasteiger partial charge in [0.25, 0.3) is 5.91 Å². The van der Waals surface area contributed by atoms with E-state index in [1.807, 2.05) is 0 Å². The van der Waals surface area contributed by atoms with Crippen LogP contribution in [0.2, 0.25) is 0 Å². The third kappa shape index (κ3) is 3.23. The first-order valence-corrected chi connectivity index (χ1v) is 8.83. The molecule has 0 bridgehead atoms. The van der Waals surface area contributed by atoms with E-state index in [1.165, 1.54) is 18.2 Å². The number of sulfonamides is 1. The molecule has 3 N–H and O–H groups in total. The fourth-order valence-corrected chi connectivity index (χ4v) is 3.94. The number of rotatable bonds is 3. The maximum atomic E-state index is 12.5. The maximum Gasteiger partial charge on any atom is 0.255 e. The van der Waals surface area contributed by atoms with Gasteiger partial charge in [-0.05, 0) is 37.6 Å². The monoisotopic (exact) mass is 325 g/mol. The van der Waals surface area contributed by atoms with Gasteiger partial charge in [0.15, 0.2) is 0 Å². The first-order valence-electron chi connectivity index (χ1n) is 7.34. The van der Waals surface area contributed by atoms with E-state index in [9.17, 15) is 13.2 Å². The summed E-state index contributed by atoms with van der Waals surface area (Å²) in [5.74, 6) is 0.0946. The smallest absolute Gasteiger partial charge is 0.255 e. The van der Waals surface area contributed by atoms with Gasteiger partial charge in [-0.1, -0.05) is 0 Å². The van der Waals surface area contributed by atoms with E-state index in [0.29, 0.717) is 25.4 Å². The number of carbonyl (C=O) groups excluding carboxylic acids is 1. The highest BCUT2D eigenvalue weighted by Gasteiger charge is 2.24. The lowest BCUT2D eigenvalue weighted by Gasteiger charge is -2.23. The molecule has 0 aromatic heterocycles. The summed E-state index contributed by atoms with van der Waals surface area (Å²) in [6, 6.07) is 4.25. The van der Waals surface area contributed by atoms with Gasteiger partial charge in [-0.3, -0.25) is 4.79 Å². The van der Waals surface area contributed by atoms with Crippen molar-refractivity contribution >= 4 is 15.9 Å². The molecule has 1 atom stereocenters. The molecule has 7 nitrogen and oxygen atoms in total. The Morgan fingerprint density at radius 2 is 2.14 bits per heavy atom. The number of carbonyl (C=O) groups is 1. The zero-order valence-electron chi connectivity index (χ0n) is 12.1. The minimum Gasteiger partial charge on any atom is -0.491 e. The molecule has 1 aromatic rings. The highest BCUT2D eigenvalue weighted by Crippen LogP contribution is 2.24. The molecule has 0 saturated carbocycles. The molecule has 1 saturated heterocycles. The summed E-state index contributed by atoms with van der Waals surface area (Å²) in [5.41, 5.74) is 0.252. The molecule has 2 heterocycles. The molecule has 1 fully saturated rings. The molecule has 2 aliphatic heterocycles. The topological polar surface area (TPSA) is 96.5 Å². The second kappa shape index (κ2) is 6.23. The normalized spacial score (nSPS) is 22.2. The Kier molecular flexibility index (Phi) is 4.32. The van der Waals surface area contributed by atoms with Crippen molar-refractivity contribution in [2.24, 2.45) is 0 Å². The van der Waals surface area contributed by atoms with Gasteiger partial charge in [-0.25, -0.2) is 13.1 Å². The number of hydrogen-bond donors (Lipinski definition) is 3. The van der Waals surface area contributed by atoms with E-state index in [2.05, 4.69) is 15.4 Å². The lowest BCUT2D eigenvalue weighted by atomic mass is 10.1. The number of nitrogens with one attached hydrogen (secondary N) is 3. The maximum absolute atomic E-state index is 12.5. The van der Waals surface area contributed by atoms with Gasteiger partial charge in [0, 0.05) is 12.6 Å². The molecule has 0 unspecified atom stereocenters. The number of fused-ring (bicyclic) bond motifs is 1. The van der Waals surface area contributed by atoms with Crippen LogP contribution < -0.4 is 20.1 Å². The van der Waals surface area contributed by atoms with Crippen molar-refractivity contribution in [2.75, 3.05) is 26.2 Å². The number of hydrogen-bond acceptors (Lipinski definition) is 5. The van der Waals surface area contributed by atoms with Crippen LogP contribution in [0, 0.1) is 0 Å². The van der Waals surface area contributed by atoms with Crippen molar-refractivity contribution in [2.45, 2.75) is 23.8 Å². The quantitative estimate of drug-likeness (QED) is 0.717. The summed E-state index contributed by atoms with van der Waals surface area (Å²) >= 11 is 0. The van der Waals surface area contributed by atoms with Crippen LogP contribution in [0.5, 0.6) is 5.75 Å². The Bertz CT molecular complexity index is 669. The SMILES string of the molecule is O=C1NCCOc2ccc(S(=O)(=O)N[C@@H]3CCCNC3)cc21. The van der Waals surface area contributed by atoms with Crippen LogP contribution in [0.25, 0.3) is 0 Å². The highest BCUT2D eigenvalue weighted by atomic mass is 32.2. The van der Waals surface area contributed by atoms with Crippen molar-refractivity contribution in [1.82, 2.24) is 15.4 Å². The van der Waals surface area contributed by atoms with Gasteiger partial charge in [-0.2, -0.15) is 0 Å². The second-order valence-corrected chi connectivity index (χ2v) is 7.14. The second-order valence-electron chi connectivity index (χ2n) is 5.43. The lowest BCUT2D eigenvalue weighted by Crippen LogP contribution is -2.45. The summed E-state index contributed by atoms with van der Waals surface area (Å²) in [5, 5.41) is 5.83. The summed E-state index contributed by atoms with van der Waals surface area (Å²) < 4.78 is 33.0. The Labute approximate surface area is 129 Å². The average molecular weight is 325 g/mol. The Morgan fingerprint density at radius 3 is 2.91 bits per heavy atom. The molecular weight excluding hydrogens is 306 g/mol. The summed E-state index contributed by atoms with van der Waals surface area (Å²) in [4.78, 5) is 12.0. The molecule has 0 spiro atoms. The van der Waals surface area contributed by atoms with E-state index in [1.54, 1.807) is 0 Å². The van der Waals surface area contributed by atoms with Gasteiger partial charge in [0.05, 0.1) is 17.0 Å². The third-order valence-corrected chi connectivity index (χ3v) is 5.29. The van der Waals surface area contributed by atoms with E-state index in [4.69, 9.17) is 4.74 Å². The molecular formula is C14H19N3O4S. The molecule has 0 radical (unpaired) electrons. The molecule has 1 amide bonds. The molecule has 2 aliphatic rings. The van der Waals surface area contributed by atoms with Crippen LogP contribution in [-0.4, -0.2) is 46.6 Å². The van der Waals surface area contributed by atoms with Crippen molar-refractivity contribution in [1.29, 1.82) is 0 Å².